The molecule has 1 aromatic heterocycles. The van der Waals surface area contributed by atoms with Crippen LogP contribution in [0.1, 0.15) is 16.8 Å². The van der Waals surface area contributed by atoms with Gasteiger partial charge in [-0.1, -0.05) is 59.2 Å². The summed E-state index contributed by atoms with van der Waals surface area (Å²) < 4.78 is 5.62. The summed E-state index contributed by atoms with van der Waals surface area (Å²) in [6.07, 6.45) is 1.12. The van der Waals surface area contributed by atoms with E-state index in [0.717, 1.165) is 45.3 Å². The van der Waals surface area contributed by atoms with Crippen molar-refractivity contribution in [1.29, 1.82) is 0 Å². The second-order valence-corrected chi connectivity index (χ2v) is 7.76. The minimum absolute atomic E-state index is 0.114. The van der Waals surface area contributed by atoms with E-state index >= 15 is 0 Å². The number of carbonyl (C=O) groups excluding carboxylic acids is 1. The summed E-state index contributed by atoms with van der Waals surface area (Å²) in [6, 6.07) is 21.8. The van der Waals surface area contributed by atoms with Crippen molar-refractivity contribution in [2.45, 2.75) is 19.4 Å². The molecular weight excluding hydrogens is 384 g/mol. The first-order valence-electron chi connectivity index (χ1n) is 9.67. The summed E-state index contributed by atoms with van der Waals surface area (Å²) >= 11 is 5.98. The minimum atomic E-state index is 0.114. The quantitative estimate of drug-likeness (QED) is 0.468. The Morgan fingerprint density at radius 1 is 1.03 bits per heavy atom. The van der Waals surface area contributed by atoms with Crippen molar-refractivity contribution >= 4 is 28.3 Å². The Morgan fingerprint density at radius 2 is 1.83 bits per heavy atom. The Kier molecular flexibility index (Phi) is 4.57. The van der Waals surface area contributed by atoms with Gasteiger partial charge in [0.2, 0.25) is 5.91 Å². The highest BCUT2D eigenvalue weighted by Crippen LogP contribution is 2.31. The summed E-state index contributed by atoms with van der Waals surface area (Å²) in [5.41, 5.74) is 3.94. The van der Waals surface area contributed by atoms with Gasteiger partial charge in [-0.2, -0.15) is 0 Å². The molecule has 0 bridgehead atoms. The number of aromatic nitrogens is 1. The third kappa shape index (κ3) is 3.40. The number of hydrogen-bond donors (Lipinski definition) is 0. The van der Waals surface area contributed by atoms with E-state index < -0.39 is 0 Å². The largest absolute Gasteiger partial charge is 0.356 e. The molecule has 0 N–H and O–H groups in total. The van der Waals surface area contributed by atoms with Crippen molar-refractivity contribution in [3.8, 4) is 11.3 Å². The van der Waals surface area contributed by atoms with Gasteiger partial charge < -0.3 is 9.42 Å². The summed E-state index contributed by atoms with van der Waals surface area (Å²) in [5, 5.41) is 7.22. The van der Waals surface area contributed by atoms with Crippen LogP contribution in [0.15, 0.2) is 71.3 Å². The Labute approximate surface area is 173 Å². The standard InChI is InChI=1S/C24H19ClN2O2/c25-19-10-8-17(9-11-19)24-21-12-13-27(15-22(21)26-29-24)23(28)14-18-6-3-5-16-4-1-2-7-20(16)18/h1-11H,12-15H2. The molecular formula is C24H19ClN2O2. The number of hydrogen-bond acceptors (Lipinski definition) is 3. The van der Waals surface area contributed by atoms with Gasteiger partial charge in [0.15, 0.2) is 5.76 Å². The summed E-state index contributed by atoms with van der Waals surface area (Å²) in [4.78, 5) is 14.9. The highest BCUT2D eigenvalue weighted by atomic mass is 35.5. The van der Waals surface area contributed by atoms with Crippen LogP contribution in [-0.2, 0) is 24.2 Å². The van der Waals surface area contributed by atoms with E-state index in [0.29, 0.717) is 24.5 Å². The summed E-state index contributed by atoms with van der Waals surface area (Å²) in [6.45, 7) is 1.15. The van der Waals surface area contributed by atoms with Crippen molar-refractivity contribution in [1.82, 2.24) is 10.1 Å². The predicted molar refractivity (Wildman–Crippen MR) is 114 cm³/mol. The van der Waals surface area contributed by atoms with Crippen LogP contribution in [0.25, 0.3) is 22.1 Å². The molecule has 0 fully saturated rings. The van der Waals surface area contributed by atoms with Crippen molar-refractivity contribution in [3.05, 3.63) is 88.6 Å². The van der Waals surface area contributed by atoms with Gasteiger partial charge >= 0.3 is 0 Å². The molecule has 4 aromatic rings. The van der Waals surface area contributed by atoms with Crippen LogP contribution < -0.4 is 0 Å². The average Bonchev–Trinajstić information content (AvgIpc) is 3.18. The topological polar surface area (TPSA) is 46.3 Å². The zero-order valence-electron chi connectivity index (χ0n) is 15.8. The van der Waals surface area contributed by atoms with Crippen LogP contribution in [0.4, 0.5) is 0 Å². The predicted octanol–water partition coefficient (Wildman–Crippen LogP) is 5.28. The molecule has 0 atom stereocenters. The maximum Gasteiger partial charge on any atom is 0.227 e. The number of amides is 1. The van der Waals surface area contributed by atoms with Crippen LogP contribution in [0.5, 0.6) is 0 Å². The molecule has 3 aromatic carbocycles. The fourth-order valence-electron chi connectivity index (χ4n) is 3.99. The molecule has 29 heavy (non-hydrogen) atoms. The molecule has 144 valence electrons. The van der Waals surface area contributed by atoms with E-state index in [9.17, 15) is 4.79 Å². The van der Waals surface area contributed by atoms with Gasteiger partial charge in [0.05, 0.1) is 13.0 Å². The number of carbonyl (C=O) groups is 1. The Bertz CT molecular complexity index is 1190. The normalized spacial score (nSPS) is 13.5. The fourth-order valence-corrected chi connectivity index (χ4v) is 4.12. The van der Waals surface area contributed by atoms with Crippen molar-refractivity contribution in [2.24, 2.45) is 0 Å². The van der Waals surface area contributed by atoms with E-state index in [1.165, 1.54) is 0 Å². The first-order chi connectivity index (χ1) is 14.2. The molecule has 0 spiro atoms. The van der Waals surface area contributed by atoms with Crippen LogP contribution in [0.2, 0.25) is 5.02 Å². The van der Waals surface area contributed by atoms with Gasteiger partial charge in [-0.3, -0.25) is 4.79 Å². The third-order valence-corrected chi connectivity index (χ3v) is 5.77. The Balaban J connectivity index is 1.36. The van der Waals surface area contributed by atoms with E-state index in [2.05, 4.69) is 23.4 Å². The van der Waals surface area contributed by atoms with Gasteiger partial charge in [-0.05, 0) is 47.0 Å². The number of halogens is 1. The molecule has 4 nitrogen and oxygen atoms in total. The zero-order valence-corrected chi connectivity index (χ0v) is 16.5. The Hall–Kier alpha value is -3.11. The molecule has 5 rings (SSSR count). The lowest BCUT2D eigenvalue weighted by Crippen LogP contribution is -2.37. The van der Waals surface area contributed by atoms with Gasteiger partial charge in [0.25, 0.3) is 0 Å². The van der Waals surface area contributed by atoms with E-state index in [1.807, 2.05) is 53.4 Å². The van der Waals surface area contributed by atoms with Crippen molar-refractivity contribution in [2.75, 3.05) is 6.54 Å². The maximum absolute atomic E-state index is 13.0. The number of nitrogens with zero attached hydrogens (tertiary/aromatic N) is 2. The lowest BCUT2D eigenvalue weighted by molar-refractivity contribution is -0.131. The molecule has 0 saturated heterocycles. The first kappa shape index (κ1) is 18.0. The summed E-state index contributed by atoms with van der Waals surface area (Å²) in [5.74, 6) is 0.890. The second kappa shape index (κ2) is 7.37. The first-order valence-corrected chi connectivity index (χ1v) is 10.0. The summed E-state index contributed by atoms with van der Waals surface area (Å²) in [7, 11) is 0. The zero-order chi connectivity index (χ0) is 19.8. The van der Waals surface area contributed by atoms with Gasteiger partial charge in [0, 0.05) is 22.7 Å². The lowest BCUT2D eigenvalue weighted by atomic mass is 9.99. The Morgan fingerprint density at radius 3 is 2.69 bits per heavy atom. The molecule has 1 amide bonds. The minimum Gasteiger partial charge on any atom is -0.356 e. The highest BCUT2D eigenvalue weighted by molar-refractivity contribution is 6.30. The number of fused-ring (bicyclic) bond motifs is 2. The highest BCUT2D eigenvalue weighted by Gasteiger charge is 2.27. The molecule has 0 unspecified atom stereocenters. The van der Waals surface area contributed by atoms with Gasteiger partial charge in [0.1, 0.15) is 5.69 Å². The van der Waals surface area contributed by atoms with Crippen LogP contribution >= 0.6 is 11.6 Å². The fraction of sp³-hybridized carbons (Fsp3) is 0.167. The third-order valence-electron chi connectivity index (χ3n) is 5.52. The second-order valence-electron chi connectivity index (χ2n) is 7.32. The van der Waals surface area contributed by atoms with Crippen LogP contribution in [-0.4, -0.2) is 22.5 Å². The van der Waals surface area contributed by atoms with Crippen LogP contribution in [0.3, 0.4) is 0 Å². The van der Waals surface area contributed by atoms with Gasteiger partial charge in [-0.25, -0.2) is 0 Å². The molecule has 2 heterocycles. The van der Waals surface area contributed by atoms with Crippen molar-refractivity contribution < 1.29 is 9.32 Å². The molecule has 0 saturated carbocycles. The molecule has 1 aliphatic heterocycles. The monoisotopic (exact) mass is 402 g/mol. The van der Waals surface area contributed by atoms with E-state index in [1.54, 1.807) is 0 Å². The molecule has 0 aliphatic carbocycles. The average molecular weight is 403 g/mol. The van der Waals surface area contributed by atoms with Gasteiger partial charge in [-0.15, -0.1) is 0 Å². The molecule has 5 heteroatoms. The maximum atomic E-state index is 13.0. The smallest absolute Gasteiger partial charge is 0.227 e. The molecule has 0 radical (unpaired) electrons. The number of benzene rings is 3. The number of rotatable bonds is 3. The lowest BCUT2D eigenvalue weighted by Gasteiger charge is -2.26. The van der Waals surface area contributed by atoms with Crippen LogP contribution in [0, 0.1) is 0 Å². The molecule has 1 aliphatic rings. The van der Waals surface area contributed by atoms with Crippen molar-refractivity contribution in [3.63, 3.8) is 0 Å². The van der Waals surface area contributed by atoms with E-state index in [4.69, 9.17) is 16.1 Å². The SMILES string of the molecule is O=C(Cc1cccc2ccccc12)N1CCc2c(noc2-c2ccc(Cl)cc2)C1. The van der Waals surface area contributed by atoms with E-state index in [-0.39, 0.29) is 5.91 Å².